The minimum Gasteiger partial charge on any atom is -0.440 e. The largest absolute Gasteiger partial charge is 0.440 e. The highest BCUT2D eigenvalue weighted by Crippen LogP contribution is 2.25. The van der Waals surface area contributed by atoms with Crippen LogP contribution in [-0.2, 0) is 23.5 Å². The number of carbonyl (C=O) groups excluding carboxylic acids is 1. The van der Waals surface area contributed by atoms with Gasteiger partial charge in [-0.1, -0.05) is 42.1 Å². The number of nitrogens with two attached hydrogens (primary N) is 1. The number of hydrogen-bond acceptors (Lipinski definition) is 6. The summed E-state index contributed by atoms with van der Waals surface area (Å²) < 4.78 is 7.78. The zero-order valence-corrected chi connectivity index (χ0v) is 14.7. The second-order valence-electron chi connectivity index (χ2n) is 5.38. The topological polar surface area (TPSA) is 99.8 Å². The molecule has 0 fully saturated rings. The van der Waals surface area contributed by atoms with Gasteiger partial charge in [0.25, 0.3) is 0 Å². The van der Waals surface area contributed by atoms with Crippen molar-refractivity contribution in [3.63, 3.8) is 0 Å². The molecule has 0 radical (unpaired) electrons. The average Bonchev–Trinajstić information content (AvgIpc) is 3.25. The van der Waals surface area contributed by atoms with Crippen LogP contribution in [0.15, 0.2) is 46.1 Å². The van der Waals surface area contributed by atoms with E-state index in [1.165, 1.54) is 11.8 Å². The highest BCUT2D eigenvalue weighted by Gasteiger charge is 2.14. The van der Waals surface area contributed by atoms with E-state index >= 15 is 0 Å². The number of aromatic nitrogens is 4. The number of thioether (sulfide) groups is 1. The Bertz CT molecular complexity index is 844. The summed E-state index contributed by atoms with van der Waals surface area (Å²) in [6, 6.07) is 9.85. The highest BCUT2D eigenvalue weighted by molar-refractivity contribution is 7.98. The molecule has 0 bridgehead atoms. The van der Waals surface area contributed by atoms with Crippen LogP contribution in [0.1, 0.15) is 25.1 Å². The maximum absolute atomic E-state index is 10.9. The van der Waals surface area contributed by atoms with Crippen molar-refractivity contribution in [2.45, 2.75) is 37.2 Å². The second kappa shape index (κ2) is 7.98. The standard InChI is InChI=1S/C17H19N5O2S/c1-2-22-15(9-8-14(18)23)20-21-17(22)25-11-16-19-10-13(24-16)12-6-4-3-5-7-12/h3-7,10H,2,8-9,11H2,1H3,(H2,18,23). The third-order valence-corrected chi connectivity index (χ3v) is 4.59. The van der Waals surface area contributed by atoms with Gasteiger partial charge in [-0.2, -0.15) is 0 Å². The van der Waals surface area contributed by atoms with Crippen LogP contribution in [0.2, 0.25) is 0 Å². The predicted molar refractivity (Wildman–Crippen MR) is 94.7 cm³/mol. The van der Waals surface area contributed by atoms with Crippen LogP contribution in [0.25, 0.3) is 11.3 Å². The van der Waals surface area contributed by atoms with Crippen molar-refractivity contribution in [1.82, 2.24) is 19.7 Å². The van der Waals surface area contributed by atoms with Crippen molar-refractivity contribution in [2.75, 3.05) is 0 Å². The molecule has 25 heavy (non-hydrogen) atoms. The van der Waals surface area contributed by atoms with Crippen molar-refractivity contribution in [3.8, 4) is 11.3 Å². The van der Waals surface area contributed by atoms with E-state index < -0.39 is 0 Å². The number of primary amides is 1. The Morgan fingerprint density at radius 1 is 1.28 bits per heavy atom. The van der Waals surface area contributed by atoms with E-state index in [9.17, 15) is 4.79 Å². The van der Waals surface area contributed by atoms with E-state index in [1.54, 1.807) is 6.20 Å². The van der Waals surface area contributed by atoms with Crippen LogP contribution in [0.3, 0.4) is 0 Å². The quantitative estimate of drug-likeness (QED) is 0.622. The number of aryl methyl sites for hydroxylation is 1. The Hall–Kier alpha value is -2.61. The highest BCUT2D eigenvalue weighted by atomic mass is 32.2. The van der Waals surface area contributed by atoms with Crippen LogP contribution >= 0.6 is 11.8 Å². The Balaban J connectivity index is 1.66. The van der Waals surface area contributed by atoms with Gasteiger partial charge in [0.2, 0.25) is 11.8 Å². The molecule has 2 heterocycles. The van der Waals surface area contributed by atoms with Gasteiger partial charge in [-0.05, 0) is 6.92 Å². The number of nitrogens with zero attached hydrogens (tertiary/aromatic N) is 4. The molecule has 130 valence electrons. The molecule has 0 spiro atoms. The van der Waals surface area contributed by atoms with Gasteiger partial charge in [-0.25, -0.2) is 4.98 Å². The van der Waals surface area contributed by atoms with Crippen LogP contribution in [-0.4, -0.2) is 25.7 Å². The van der Waals surface area contributed by atoms with Gasteiger partial charge in [-0.15, -0.1) is 10.2 Å². The monoisotopic (exact) mass is 357 g/mol. The van der Waals surface area contributed by atoms with Gasteiger partial charge in [0.05, 0.1) is 11.9 Å². The predicted octanol–water partition coefficient (Wildman–Crippen LogP) is 2.66. The molecule has 3 aromatic rings. The minimum absolute atomic E-state index is 0.267. The Morgan fingerprint density at radius 3 is 2.80 bits per heavy atom. The fourth-order valence-electron chi connectivity index (χ4n) is 2.40. The number of oxazole rings is 1. The van der Waals surface area contributed by atoms with Crippen molar-refractivity contribution in [1.29, 1.82) is 0 Å². The van der Waals surface area contributed by atoms with Gasteiger partial charge < -0.3 is 14.7 Å². The lowest BCUT2D eigenvalue weighted by molar-refractivity contribution is -0.118. The van der Waals surface area contributed by atoms with Crippen LogP contribution in [0.4, 0.5) is 0 Å². The normalized spacial score (nSPS) is 10.9. The fourth-order valence-corrected chi connectivity index (χ4v) is 3.28. The van der Waals surface area contributed by atoms with E-state index in [2.05, 4.69) is 15.2 Å². The van der Waals surface area contributed by atoms with Gasteiger partial charge >= 0.3 is 0 Å². The van der Waals surface area contributed by atoms with E-state index in [0.717, 1.165) is 28.8 Å². The summed E-state index contributed by atoms with van der Waals surface area (Å²) in [5.41, 5.74) is 6.20. The van der Waals surface area contributed by atoms with E-state index in [4.69, 9.17) is 10.2 Å². The number of benzene rings is 1. The Morgan fingerprint density at radius 2 is 2.08 bits per heavy atom. The minimum atomic E-state index is -0.340. The lowest BCUT2D eigenvalue weighted by Gasteiger charge is -2.05. The van der Waals surface area contributed by atoms with Gasteiger partial charge in [0, 0.05) is 24.9 Å². The molecule has 2 aromatic heterocycles. The average molecular weight is 357 g/mol. The first kappa shape index (κ1) is 17.2. The van der Waals surface area contributed by atoms with Gasteiger partial charge in [0.15, 0.2) is 10.9 Å². The van der Waals surface area contributed by atoms with E-state index in [1.807, 2.05) is 41.8 Å². The maximum atomic E-state index is 10.9. The molecule has 0 aliphatic rings. The third kappa shape index (κ3) is 4.27. The molecular formula is C17H19N5O2S. The number of amides is 1. The SMILES string of the molecule is CCn1c(CCC(N)=O)nnc1SCc1ncc(-c2ccccc2)o1. The second-order valence-corrected chi connectivity index (χ2v) is 6.32. The maximum Gasteiger partial charge on any atom is 0.217 e. The molecule has 0 aliphatic heterocycles. The zero-order chi connectivity index (χ0) is 17.6. The molecule has 7 nitrogen and oxygen atoms in total. The van der Waals surface area contributed by atoms with E-state index in [0.29, 0.717) is 18.1 Å². The van der Waals surface area contributed by atoms with Gasteiger partial charge in [0.1, 0.15) is 5.82 Å². The fraction of sp³-hybridized carbons (Fsp3) is 0.294. The summed E-state index contributed by atoms with van der Waals surface area (Å²) in [5.74, 6) is 2.36. The summed E-state index contributed by atoms with van der Waals surface area (Å²) in [6.45, 7) is 2.74. The number of rotatable bonds is 8. The zero-order valence-electron chi connectivity index (χ0n) is 13.9. The van der Waals surface area contributed by atoms with Crippen molar-refractivity contribution >= 4 is 17.7 Å². The summed E-state index contributed by atoms with van der Waals surface area (Å²) in [6.07, 6.45) is 2.49. The molecule has 1 amide bonds. The molecule has 3 rings (SSSR count). The first-order valence-electron chi connectivity index (χ1n) is 8.00. The van der Waals surface area contributed by atoms with Crippen molar-refractivity contribution < 1.29 is 9.21 Å². The van der Waals surface area contributed by atoms with Crippen LogP contribution in [0, 0.1) is 0 Å². The first-order valence-corrected chi connectivity index (χ1v) is 8.99. The van der Waals surface area contributed by atoms with Crippen LogP contribution in [0.5, 0.6) is 0 Å². The molecule has 8 heteroatoms. The molecular weight excluding hydrogens is 338 g/mol. The summed E-state index contributed by atoms with van der Waals surface area (Å²) >= 11 is 1.51. The number of carbonyl (C=O) groups is 1. The molecule has 0 unspecified atom stereocenters. The molecule has 1 aromatic carbocycles. The lowest BCUT2D eigenvalue weighted by atomic mass is 10.2. The smallest absolute Gasteiger partial charge is 0.217 e. The summed E-state index contributed by atoms with van der Waals surface area (Å²) in [7, 11) is 0. The molecule has 0 saturated carbocycles. The summed E-state index contributed by atoms with van der Waals surface area (Å²) in [4.78, 5) is 15.3. The first-order chi connectivity index (χ1) is 12.2. The van der Waals surface area contributed by atoms with Gasteiger partial charge in [-0.3, -0.25) is 4.79 Å². The van der Waals surface area contributed by atoms with Crippen LogP contribution < -0.4 is 5.73 Å². The number of hydrogen-bond donors (Lipinski definition) is 1. The Labute approximate surface area is 149 Å². The third-order valence-electron chi connectivity index (χ3n) is 3.64. The Kier molecular flexibility index (Phi) is 5.49. The molecule has 0 aliphatic carbocycles. The van der Waals surface area contributed by atoms with Crippen molar-refractivity contribution in [3.05, 3.63) is 48.2 Å². The lowest BCUT2D eigenvalue weighted by Crippen LogP contribution is -2.13. The molecule has 0 atom stereocenters. The molecule has 0 saturated heterocycles. The summed E-state index contributed by atoms with van der Waals surface area (Å²) in [5, 5.41) is 9.14. The molecule has 2 N–H and O–H groups in total. The van der Waals surface area contributed by atoms with E-state index in [-0.39, 0.29) is 12.3 Å². The van der Waals surface area contributed by atoms with Crippen molar-refractivity contribution in [2.24, 2.45) is 5.73 Å².